The summed E-state index contributed by atoms with van der Waals surface area (Å²) in [6.45, 7) is 4.94. The lowest BCUT2D eigenvalue weighted by Crippen LogP contribution is -2.00. The first kappa shape index (κ1) is 15.9. The van der Waals surface area contributed by atoms with E-state index >= 15 is 0 Å². The predicted octanol–water partition coefficient (Wildman–Crippen LogP) is 4.57. The van der Waals surface area contributed by atoms with E-state index in [1.807, 2.05) is 17.8 Å². The van der Waals surface area contributed by atoms with Gasteiger partial charge in [-0.05, 0) is 41.3 Å². The van der Waals surface area contributed by atoms with Gasteiger partial charge in [-0.3, -0.25) is 0 Å². The number of nitrogens with two attached hydrogens (primary N) is 1. The molecule has 2 aromatic rings. The fraction of sp³-hybridized carbons (Fsp3) is 0.333. The van der Waals surface area contributed by atoms with Crippen LogP contribution in [-0.2, 0) is 12.3 Å². The Bertz CT molecular complexity index is 578. The molecular weight excluding hydrogens is 278 g/mol. The van der Waals surface area contributed by atoms with Crippen molar-refractivity contribution in [1.82, 2.24) is 0 Å². The highest BCUT2D eigenvalue weighted by Gasteiger charge is 2.04. The van der Waals surface area contributed by atoms with Crippen LogP contribution in [0.25, 0.3) is 0 Å². The topological polar surface area (TPSA) is 35.2 Å². The molecular formula is C18H23NOS. The summed E-state index contributed by atoms with van der Waals surface area (Å²) in [5, 5.41) is 0. The summed E-state index contributed by atoms with van der Waals surface area (Å²) >= 11 is 1.84. The lowest BCUT2D eigenvalue weighted by molar-refractivity contribution is 0.409. The molecule has 0 spiro atoms. The van der Waals surface area contributed by atoms with E-state index in [1.54, 1.807) is 7.11 Å². The summed E-state index contributed by atoms with van der Waals surface area (Å²) in [6, 6.07) is 15.1. The second-order valence-corrected chi connectivity index (χ2v) is 6.41. The van der Waals surface area contributed by atoms with Crippen molar-refractivity contribution in [3.63, 3.8) is 0 Å². The number of thioether (sulfide) groups is 1. The van der Waals surface area contributed by atoms with Gasteiger partial charge in [0.2, 0.25) is 0 Å². The average molecular weight is 301 g/mol. The molecule has 0 heterocycles. The first-order valence-corrected chi connectivity index (χ1v) is 8.21. The lowest BCUT2D eigenvalue weighted by Gasteiger charge is -2.10. The second kappa shape index (κ2) is 7.53. The number of rotatable bonds is 6. The Morgan fingerprint density at radius 1 is 1.10 bits per heavy atom. The Labute approximate surface area is 131 Å². The van der Waals surface area contributed by atoms with Gasteiger partial charge in [-0.15, -0.1) is 11.8 Å². The van der Waals surface area contributed by atoms with Crippen molar-refractivity contribution >= 4 is 11.8 Å². The summed E-state index contributed by atoms with van der Waals surface area (Å²) in [6.07, 6.45) is 0. The van der Waals surface area contributed by atoms with Gasteiger partial charge >= 0.3 is 0 Å². The van der Waals surface area contributed by atoms with Crippen molar-refractivity contribution in [2.45, 2.75) is 37.0 Å². The van der Waals surface area contributed by atoms with Crippen LogP contribution >= 0.6 is 11.8 Å². The van der Waals surface area contributed by atoms with Crippen molar-refractivity contribution < 1.29 is 4.74 Å². The molecule has 0 unspecified atom stereocenters. The summed E-state index contributed by atoms with van der Waals surface area (Å²) in [5.74, 6) is 2.39. The van der Waals surface area contributed by atoms with Gasteiger partial charge in [-0.25, -0.2) is 0 Å². The van der Waals surface area contributed by atoms with Gasteiger partial charge in [0.15, 0.2) is 0 Å². The molecule has 21 heavy (non-hydrogen) atoms. The van der Waals surface area contributed by atoms with Crippen LogP contribution in [0.4, 0.5) is 0 Å². The van der Waals surface area contributed by atoms with E-state index in [1.165, 1.54) is 16.0 Å². The average Bonchev–Trinajstić information content (AvgIpc) is 2.52. The zero-order chi connectivity index (χ0) is 15.2. The number of methoxy groups -OCH3 is 1. The minimum atomic E-state index is 0.505. The van der Waals surface area contributed by atoms with Crippen molar-refractivity contribution in [2.24, 2.45) is 5.73 Å². The third-order valence-corrected chi connectivity index (χ3v) is 4.60. The van der Waals surface area contributed by atoms with Gasteiger partial charge in [0, 0.05) is 22.8 Å². The van der Waals surface area contributed by atoms with Crippen molar-refractivity contribution in [1.29, 1.82) is 0 Å². The van der Waals surface area contributed by atoms with Crippen LogP contribution in [0.5, 0.6) is 5.75 Å². The van der Waals surface area contributed by atoms with E-state index in [4.69, 9.17) is 10.5 Å². The molecule has 0 aliphatic rings. The highest BCUT2D eigenvalue weighted by molar-refractivity contribution is 7.98. The molecule has 2 rings (SSSR count). The SMILES string of the molecule is COc1ccc(CSc2ccc(C(C)C)cc2)cc1CN. The van der Waals surface area contributed by atoms with Crippen molar-refractivity contribution in [3.05, 3.63) is 59.2 Å². The minimum absolute atomic E-state index is 0.505. The third-order valence-electron chi connectivity index (χ3n) is 3.52. The zero-order valence-corrected chi connectivity index (χ0v) is 13.7. The quantitative estimate of drug-likeness (QED) is 0.794. The Balaban J connectivity index is 2.02. The molecule has 2 N–H and O–H groups in total. The minimum Gasteiger partial charge on any atom is -0.496 e. The van der Waals surface area contributed by atoms with Crippen LogP contribution < -0.4 is 10.5 Å². The second-order valence-electron chi connectivity index (χ2n) is 5.36. The van der Waals surface area contributed by atoms with Crippen LogP contribution in [-0.4, -0.2) is 7.11 Å². The van der Waals surface area contributed by atoms with E-state index in [0.29, 0.717) is 12.5 Å². The molecule has 112 valence electrons. The van der Waals surface area contributed by atoms with Gasteiger partial charge in [-0.2, -0.15) is 0 Å². The first-order valence-electron chi connectivity index (χ1n) is 7.22. The zero-order valence-electron chi connectivity index (χ0n) is 12.9. The molecule has 2 aromatic carbocycles. The molecule has 0 saturated carbocycles. The fourth-order valence-electron chi connectivity index (χ4n) is 2.20. The van der Waals surface area contributed by atoms with E-state index in [2.05, 4.69) is 50.2 Å². The standard InChI is InChI=1S/C18H23NOS/c1-13(2)15-5-7-17(8-6-15)21-12-14-4-9-18(20-3)16(10-14)11-19/h4-10,13H,11-12,19H2,1-3H3. The fourth-order valence-corrected chi connectivity index (χ4v) is 3.04. The number of benzene rings is 2. The normalized spacial score (nSPS) is 10.9. The molecule has 0 fully saturated rings. The van der Waals surface area contributed by atoms with Crippen LogP contribution in [0, 0.1) is 0 Å². The lowest BCUT2D eigenvalue weighted by atomic mass is 10.0. The smallest absolute Gasteiger partial charge is 0.123 e. The van der Waals surface area contributed by atoms with E-state index < -0.39 is 0 Å². The maximum Gasteiger partial charge on any atom is 0.123 e. The highest BCUT2D eigenvalue weighted by Crippen LogP contribution is 2.27. The summed E-state index contributed by atoms with van der Waals surface area (Å²) < 4.78 is 5.30. The Kier molecular flexibility index (Phi) is 5.71. The number of hydrogen-bond donors (Lipinski definition) is 1. The van der Waals surface area contributed by atoms with Gasteiger partial charge in [0.25, 0.3) is 0 Å². The van der Waals surface area contributed by atoms with Crippen LogP contribution in [0.1, 0.15) is 36.5 Å². The summed E-state index contributed by atoms with van der Waals surface area (Å²) in [7, 11) is 1.68. The van der Waals surface area contributed by atoms with Crippen LogP contribution in [0.15, 0.2) is 47.4 Å². The monoisotopic (exact) mass is 301 g/mol. The van der Waals surface area contributed by atoms with E-state index in [0.717, 1.165) is 17.1 Å². The Morgan fingerprint density at radius 3 is 2.38 bits per heavy atom. The molecule has 0 aliphatic carbocycles. The van der Waals surface area contributed by atoms with Crippen molar-refractivity contribution in [2.75, 3.05) is 7.11 Å². The maximum atomic E-state index is 5.76. The van der Waals surface area contributed by atoms with E-state index in [9.17, 15) is 0 Å². The van der Waals surface area contributed by atoms with Gasteiger partial charge in [-0.1, -0.05) is 32.0 Å². The predicted molar refractivity (Wildman–Crippen MR) is 91.0 cm³/mol. The molecule has 0 bridgehead atoms. The van der Waals surface area contributed by atoms with Crippen molar-refractivity contribution in [3.8, 4) is 5.75 Å². The molecule has 0 saturated heterocycles. The molecule has 0 atom stereocenters. The maximum absolute atomic E-state index is 5.76. The molecule has 0 aromatic heterocycles. The summed E-state index contributed by atoms with van der Waals surface area (Å²) in [4.78, 5) is 1.30. The summed E-state index contributed by atoms with van der Waals surface area (Å²) in [5.41, 5.74) is 9.48. The number of ether oxygens (including phenoxy) is 1. The molecule has 0 amide bonds. The Morgan fingerprint density at radius 2 is 1.81 bits per heavy atom. The molecule has 0 aliphatic heterocycles. The third kappa shape index (κ3) is 4.26. The van der Waals surface area contributed by atoms with Gasteiger partial charge < -0.3 is 10.5 Å². The molecule has 2 nitrogen and oxygen atoms in total. The first-order chi connectivity index (χ1) is 10.1. The highest BCUT2D eigenvalue weighted by atomic mass is 32.2. The van der Waals surface area contributed by atoms with Crippen LogP contribution in [0.2, 0.25) is 0 Å². The Hall–Kier alpha value is -1.45. The molecule has 0 radical (unpaired) electrons. The van der Waals surface area contributed by atoms with Gasteiger partial charge in [0.05, 0.1) is 7.11 Å². The van der Waals surface area contributed by atoms with Gasteiger partial charge in [0.1, 0.15) is 5.75 Å². The number of hydrogen-bond acceptors (Lipinski definition) is 3. The van der Waals surface area contributed by atoms with Crippen LogP contribution in [0.3, 0.4) is 0 Å². The van der Waals surface area contributed by atoms with E-state index in [-0.39, 0.29) is 0 Å². The molecule has 3 heteroatoms. The largest absolute Gasteiger partial charge is 0.496 e.